The number of carbonyl (C=O) groups is 1. The number of hydrogen-bond donors (Lipinski definition) is 1. The third-order valence-electron chi connectivity index (χ3n) is 4.65. The normalized spacial score (nSPS) is 16.5. The molecule has 1 aromatic carbocycles. The molecule has 24 heavy (non-hydrogen) atoms. The predicted molar refractivity (Wildman–Crippen MR) is 94.1 cm³/mol. The van der Waals surface area contributed by atoms with Crippen LogP contribution in [-0.4, -0.2) is 29.9 Å². The highest BCUT2D eigenvalue weighted by molar-refractivity contribution is 5.83. The number of rotatable bonds is 3. The van der Waals surface area contributed by atoms with Gasteiger partial charge < -0.3 is 9.73 Å². The molecule has 3 rings (SSSR count). The van der Waals surface area contributed by atoms with Crippen molar-refractivity contribution < 1.29 is 9.21 Å². The summed E-state index contributed by atoms with van der Waals surface area (Å²) >= 11 is 0. The van der Waals surface area contributed by atoms with E-state index in [1.165, 1.54) is 5.56 Å². The number of aryl methyl sites for hydroxylation is 2. The Morgan fingerprint density at radius 3 is 2.62 bits per heavy atom. The van der Waals surface area contributed by atoms with Crippen molar-refractivity contribution in [2.75, 3.05) is 13.1 Å². The summed E-state index contributed by atoms with van der Waals surface area (Å²) in [5.41, 5.74) is 3.58. The molecule has 0 unspecified atom stereocenters. The van der Waals surface area contributed by atoms with Gasteiger partial charge >= 0.3 is 5.63 Å². The Hall–Kier alpha value is -2.14. The minimum absolute atomic E-state index is 0.0334. The van der Waals surface area contributed by atoms with E-state index in [0.29, 0.717) is 5.58 Å². The Kier molecular flexibility index (Phi) is 4.71. The molecule has 1 fully saturated rings. The molecule has 1 aromatic heterocycles. The van der Waals surface area contributed by atoms with Crippen LogP contribution in [-0.2, 0) is 11.3 Å². The van der Waals surface area contributed by atoms with Crippen LogP contribution in [0.25, 0.3) is 11.0 Å². The Morgan fingerprint density at radius 1 is 1.25 bits per heavy atom. The highest BCUT2D eigenvalue weighted by Crippen LogP contribution is 2.24. The van der Waals surface area contributed by atoms with Gasteiger partial charge in [0.25, 0.3) is 0 Å². The maximum Gasteiger partial charge on any atom is 0.336 e. The van der Waals surface area contributed by atoms with E-state index in [1.54, 1.807) is 13.0 Å². The average Bonchev–Trinajstić information content (AvgIpc) is 2.50. The standard InChI is InChI=1S/C19H24N2O3/c1-12-8-13(2)19-17(9-12)15(10-18(23)24-19)11-21-6-4-16(5-7-21)20-14(3)22/h8-10,16H,4-7,11H2,1-3H3,(H,20,22). The summed E-state index contributed by atoms with van der Waals surface area (Å²) in [5.74, 6) is 0.0334. The Labute approximate surface area is 141 Å². The summed E-state index contributed by atoms with van der Waals surface area (Å²) < 4.78 is 5.42. The minimum Gasteiger partial charge on any atom is -0.422 e. The fourth-order valence-electron chi connectivity index (χ4n) is 3.57. The first-order valence-electron chi connectivity index (χ1n) is 8.46. The summed E-state index contributed by atoms with van der Waals surface area (Å²) in [5, 5.41) is 4.01. The van der Waals surface area contributed by atoms with Crippen LogP contribution in [0.4, 0.5) is 0 Å². The number of nitrogens with one attached hydrogen (secondary N) is 1. The van der Waals surface area contributed by atoms with E-state index in [0.717, 1.165) is 49.0 Å². The molecule has 2 aromatic rings. The molecule has 1 saturated heterocycles. The Morgan fingerprint density at radius 2 is 1.96 bits per heavy atom. The lowest BCUT2D eigenvalue weighted by Crippen LogP contribution is -2.43. The van der Waals surface area contributed by atoms with E-state index in [2.05, 4.69) is 23.2 Å². The smallest absolute Gasteiger partial charge is 0.336 e. The quantitative estimate of drug-likeness (QED) is 0.880. The molecule has 1 aliphatic heterocycles. The van der Waals surface area contributed by atoms with E-state index in [1.807, 2.05) is 13.0 Å². The van der Waals surface area contributed by atoms with Gasteiger partial charge in [-0.1, -0.05) is 6.07 Å². The summed E-state index contributed by atoms with van der Waals surface area (Å²) in [6.07, 6.45) is 1.88. The van der Waals surface area contributed by atoms with Gasteiger partial charge in [-0.15, -0.1) is 0 Å². The average molecular weight is 328 g/mol. The van der Waals surface area contributed by atoms with Gasteiger partial charge in [0, 0.05) is 44.1 Å². The SMILES string of the molecule is CC(=O)NC1CCN(Cc2cc(=O)oc3c(C)cc(C)cc23)CC1. The highest BCUT2D eigenvalue weighted by atomic mass is 16.4. The molecule has 1 N–H and O–H groups in total. The summed E-state index contributed by atoms with van der Waals surface area (Å²) in [6.45, 7) is 8.15. The lowest BCUT2D eigenvalue weighted by Gasteiger charge is -2.32. The van der Waals surface area contributed by atoms with Crippen molar-refractivity contribution >= 4 is 16.9 Å². The zero-order chi connectivity index (χ0) is 17.3. The van der Waals surface area contributed by atoms with Crippen molar-refractivity contribution in [3.05, 3.63) is 45.3 Å². The number of carbonyl (C=O) groups excluding carboxylic acids is 1. The van der Waals surface area contributed by atoms with Crippen molar-refractivity contribution in [3.63, 3.8) is 0 Å². The first-order valence-corrected chi connectivity index (χ1v) is 8.46. The number of piperidine rings is 1. The molecule has 128 valence electrons. The number of nitrogens with zero attached hydrogens (tertiary/aromatic N) is 1. The van der Waals surface area contributed by atoms with Gasteiger partial charge in [0.15, 0.2) is 0 Å². The van der Waals surface area contributed by atoms with Gasteiger partial charge in [-0.25, -0.2) is 4.79 Å². The van der Waals surface area contributed by atoms with Crippen LogP contribution in [0.1, 0.15) is 36.5 Å². The molecule has 0 atom stereocenters. The van der Waals surface area contributed by atoms with Crippen molar-refractivity contribution in [3.8, 4) is 0 Å². The van der Waals surface area contributed by atoms with Gasteiger partial charge in [0.05, 0.1) is 0 Å². The van der Waals surface area contributed by atoms with E-state index in [9.17, 15) is 9.59 Å². The van der Waals surface area contributed by atoms with Crippen LogP contribution in [0, 0.1) is 13.8 Å². The molecule has 0 saturated carbocycles. The number of hydrogen-bond acceptors (Lipinski definition) is 4. The molecule has 5 heteroatoms. The van der Waals surface area contributed by atoms with Crippen LogP contribution in [0.5, 0.6) is 0 Å². The summed E-state index contributed by atoms with van der Waals surface area (Å²) in [7, 11) is 0. The maximum atomic E-state index is 11.9. The molecular weight excluding hydrogens is 304 g/mol. The predicted octanol–water partition coefficient (Wildman–Crippen LogP) is 2.51. The monoisotopic (exact) mass is 328 g/mol. The second-order valence-electron chi connectivity index (χ2n) is 6.80. The van der Waals surface area contributed by atoms with Gasteiger partial charge in [-0.3, -0.25) is 9.69 Å². The minimum atomic E-state index is -0.294. The fourth-order valence-corrected chi connectivity index (χ4v) is 3.57. The van der Waals surface area contributed by atoms with Crippen molar-refractivity contribution in [1.82, 2.24) is 10.2 Å². The zero-order valence-corrected chi connectivity index (χ0v) is 14.5. The number of amides is 1. The van der Waals surface area contributed by atoms with Crippen LogP contribution in [0.2, 0.25) is 0 Å². The van der Waals surface area contributed by atoms with E-state index in [-0.39, 0.29) is 17.6 Å². The molecule has 0 spiro atoms. The van der Waals surface area contributed by atoms with E-state index in [4.69, 9.17) is 4.42 Å². The first-order chi connectivity index (χ1) is 11.4. The first kappa shape index (κ1) is 16.7. The number of benzene rings is 1. The molecule has 5 nitrogen and oxygen atoms in total. The van der Waals surface area contributed by atoms with Crippen molar-refractivity contribution in [1.29, 1.82) is 0 Å². The second-order valence-corrected chi connectivity index (χ2v) is 6.80. The zero-order valence-electron chi connectivity index (χ0n) is 14.5. The topological polar surface area (TPSA) is 62.6 Å². The van der Waals surface area contributed by atoms with Gasteiger partial charge in [0.1, 0.15) is 5.58 Å². The third-order valence-corrected chi connectivity index (χ3v) is 4.65. The van der Waals surface area contributed by atoms with Crippen LogP contribution < -0.4 is 10.9 Å². The van der Waals surface area contributed by atoms with Gasteiger partial charge in [-0.05, 0) is 49.4 Å². The number of likely N-dealkylation sites (tertiary alicyclic amines) is 1. The molecular formula is C19H24N2O3. The fraction of sp³-hybridized carbons (Fsp3) is 0.474. The lowest BCUT2D eigenvalue weighted by atomic mass is 10.0. The van der Waals surface area contributed by atoms with Crippen LogP contribution in [0.15, 0.2) is 27.4 Å². The molecule has 0 radical (unpaired) electrons. The molecule has 0 aliphatic carbocycles. The molecule has 2 heterocycles. The van der Waals surface area contributed by atoms with Crippen LogP contribution in [0.3, 0.4) is 0 Å². The third kappa shape index (κ3) is 3.67. The van der Waals surface area contributed by atoms with Crippen LogP contribution >= 0.6 is 0 Å². The molecule has 1 amide bonds. The second kappa shape index (κ2) is 6.77. The van der Waals surface area contributed by atoms with Crippen molar-refractivity contribution in [2.45, 2.75) is 46.2 Å². The summed E-state index contributed by atoms with van der Waals surface area (Å²) in [6, 6.07) is 6.00. The highest BCUT2D eigenvalue weighted by Gasteiger charge is 2.21. The molecule has 0 bridgehead atoms. The number of fused-ring (bicyclic) bond motifs is 1. The van der Waals surface area contributed by atoms with E-state index < -0.39 is 0 Å². The van der Waals surface area contributed by atoms with Gasteiger partial charge in [-0.2, -0.15) is 0 Å². The van der Waals surface area contributed by atoms with Gasteiger partial charge in [0.2, 0.25) is 5.91 Å². The van der Waals surface area contributed by atoms with E-state index >= 15 is 0 Å². The summed E-state index contributed by atoms with van der Waals surface area (Å²) in [4.78, 5) is 25.4. The Bertz CT molecular complexity index is 817. The largest absolute Gasteiger partial charge is 0.422 e. The molecule has 1 aliphatic rings. The maximum absolute atomic E-state index is 11.9. The van der Waals surface area contributed by atoms with Crippen molar-refractivity contribution in [2.24, 2.45) is 0 Å². The Balaban J connectivity index is 1.81. The lowest BCUT2D eigenvalue weighted by molar-refractivity contribution is -0.119.